The van der Waals surface area contributed by atoms with E-state index in [4.69, 9.17) is 25.8 Å². The quantitative estimate of drug-likeness (QED) is 0.695. The Balaban J connectivity index is 2.39. The highest BCUT2D eigenvalue weighted by molar-refractivity contribution is 7.92. The number of hydrogen-bond acceptors (Lipinski definition) is 6. The van der Waals surface area contributed by atoms with E-state index >= 15 is 0 Å². The number of sulfonamides is 1. The van der Waals surface area contributed by atoms with Crippen molar-refractivity contribution in [2.45, 2.75) is 24.8 Å². The number of nitrogens with one attached hydrogen (secondary N) is 1. The van der Waals surface area contributed by atoms with E-state index in [1.54, 1.807) is 13.8 Å². The summed E-state index contributed by atoms with van der Waals surface area (Å²) in [5.41, 5.74) is 0.289. The maximum Gasteiger partial charge on any atom is 0.338 e. The smallest absolute Gasteiger partial charge is 0.338 e. The SMILES string of the molecule is COc1ccc(S(=O)(=O)Nc2cc(C(=O)OC(C)C)ccc2OC)cc1Cl. The Kier molecular flexibility index (Phi) is 6.56. The van der Waals surface area contributed by atoms with Gasteiger partial charge in [0.1, 0.15) is 11.5 Å². The van der Waals surface area contributed by atoms with Crippen LogP contribution in [-0.4, -0.2) is 34.7 Å². The van der Waals surface area contributed by atoms with Crippen LogP contribution in [-0.2, 0) is 14.8 Å². The molecule has 0 aliphatic carbocycles. The Morgan fingerprint density at radius 2 is 1.67 bits per heavy atom. The number of rotatable bonds is 7. The molecule has 0 fully saturated rings. The fraction of sp³-hybridized carbons (Fsp3) is 0.278. The fourth-order valence-electron chi connectivity index (χ4n) is 2.21. The first-order valence-corrected chi connectivity index (χ1v) is 9.79. The highest BCUT2D eigenvalue weighted by atomic mass is 35.5. The van der Waals surface area contributed by atoms with Crippen molar-refractivity contribution in [1.29, 1.82) is 0 Å². The van der Waals surface area contributed by atoms with Crippen LogP contribution in [0, 0.1) is 0 Å². The van der Waals surface area contributed by atoms with Crippen molar-refractivity contribution < 1.29 is 27.4 Å². The molecule has 0 unspecified atom stereocenters. The molecule has 0 atom stereocenters. The highest BCUT2D eigenvalue weighted by Gasteiger charge is 2.20. The summed E-state index contributed by atoms with van der Waals surface area (Å²) in [5, 5.41) is 0.154. The summed E-state index contributed by atoms with van der Waals surface area (Å²) in [6.45, 7) is 3.44. The summed E-state index contributed by atoms with van der Waals surface area (Å²) in [5.74, 6) is 0.0338. The molecule has 2 aromatic carbocycles. The molecule has 2 rings (SSSR count). The Morgan fingerprint density at radius 3 is 2.22 bits per heavy atom. The molecule has 0 aromatic heterocycles. The molecule has 0 aliphatic heterocycles. The van der Waals surface area contributed by atoms with Crippen LogP contribution in [0.15, 0.2) is 41.3 Å². The number of halogens is 1. The first-order chi connectivity index (χ1) is 12.7. The predicted molar refractivity (Wildman–Crippen MR) is 102 cm³/mol. The van der Waals surface area contributed by atoms with Crippen molar-refractivity contribution in [3.8, 4) is 11.5 Å². The van der Waals surface area contributed by atoms with Crippen molar-refractivity contribution in [2.75, 3.05) is 18.9 Å². The number of esters is 1. The zero-order valence-electron chi connectivity index (χ0n) is 15.3. The number of hydrogen-bond donors (Lipinski definition) is 1. The van der Waals surface area contributed by atoms with E-state index in [0.29, 0.717) is 5.75 Å². The average molecular weight is 414 g/mol. The van der Waals surface area contributed by atoms with Gasteiger partial charge < -0.3 is 14.2 Å². The topological polar surface area (TPSA) is 90.9 Å². The van der Waals surface area contributed by atoms with Crippen molar-refractivity contribution in [3.05, 3.63) is 47.0 Å². The van der Waals surface area contributed by atoms with Gasteiger partial charge in [-0.2, -0.15) is 0 Å². The largest absolute Gasteiger partial charge is 0.495 e. The van der Waals surface area contributed by atoms with Crippen molar-refractivity contribution in [2.24, 2.45) is 0 Å². The summed E-state index contributed by atoms with van der Waals surface area (Å²) >= 11 is 6.01. The molecule has 0 bridgehead atoms. The summed E-state index contributed by atoms with van der Waals surface area (Å²) in [7, 11) is -1.16. The molecule has 7 nitrogen and oxygen atoms in total. The third-order valence-corrected chi connectivity index (χ3v) is 5.11. The predicted octanol–water partition coefficient (Wildman–Crippen LogP) is 3.72. The van der Waals surface area contributed by atoms with Gasteiger partial charge in [0.2, 0.25) is 0 Å². The standard InChI is InChI=1S/C18H20ClNO6S/c1-11(2)26-18(21)12-5-7-17(25-4)15(9-12)20-27(22,23)13-6-8-16(24-3)14(19)10-13/h5-11,20H,1-4H3. The zero-order valence-corrected chi connectivity index (χ0v) is 16.8. The minimum absolute atomic E-state index is 0.0643. The number of carbonyl (C=O) groups excluding carboxylic acids is 1. The number of anilines is 1. The Morgan fingerprint density at radius 1 is 1.04 bits per heavy atom. The van der Waals surface area contributed by atoms with Crippen LogP contribution in [0.4, 0.5) is 5.69 Å². The molecule has 0 spiro atoms. The van der Waals surface area contributed by atoms with Crippen molar-refractivity contribution >= 4 is 33.3 Å². The lowest BCUT2D eigenvalue weighted by Gasteiger charge is -2.14. The number of methoxy groups -OCH3 is 2. The monoisotopic (exact) mass is 413 g/mol. The van der Waals surface area contributed by atoms with Gasteiger partial charge in [0.25, 0.3) is 10.0 Å². The van der Waals surface area contributed by atoms with Crippen LogP contribution in [0.25, 0.3) is 0 Å². The van der Waals surface area contributed by atoms with Gasteiger partial charge in [-0.15, -0.1) is 0 Å². The Labute approximate surface area is 163 Å². The van der Waals surface area contributed by atoms with Crippen molar-refractivity contribution in [3.63, 3.8) is 0 Å². The van der Waals surface area contributed by atoms with E-state index in [-0.39, 0.29) is 33.0 Å². The normalized spacial score (nSPS) is 11.2. The molecule has 0 aliphatic rings. The average Bonchev–Trinajstić information content (AvgIpc) is 2.60. The van der Waals surface area contributed by atoms with Crippen LogP contribution >= 0.6 is 11.6 Å². The van der Waals surface area contributed by atoms with Gasteiger partial charge in [-0.25, -0.2) is 13.2 Å². The molecule has 27 heavy (non-hydrogen) atoms. The molecule has 1 N–H and O–H groups in total. The van der Waals surface area contributed by atoms with Crippen molar-refractivity contribution in [1.82, 2.24) is 0 Å². The minimum atomic E-state index is -3.98. The fourth-order valence-corrected chi connectivity index (χ4v) is 3.62. The van der Waals surface area contributed by atoms with E-state index in [9.17, 15) is 13.2 Å². The van der Waals surface area contributed by atoms with E-state index in [0.717, 1.165) is 0 Å². The van der Waals surface area contributed by atoms with Gasteiger partial charge in [0.15, 0.2) is 0 Å². The Bertz CT molecular complexity index is 943. The second-order valence-electron chi connectivity index (χ2n) is 5.77. The minimum Gasteiger partial charge on any atom is -0.495 e. The number of benzene rings is 2. The molecule has 0 heterocycles. The molecule has 0 amide bonds. The van der Waals surface area contributed by atoms with Crippen LogP contribution < -0.4 is 14.2 Å². The Hall–Kier alpha value is -2.45. The molecule has 146 valence electrons. The van der Waals surface area contributed by atoms with Crippen LogP contribution in [0.5, 0.6) is 11.5 Å². The number of carbonyl (C=O) groups is 1. The van der Waals surface area contributed by atoms with Crippen LogP contribution in [0.2, 0.25) is 5.02 Å². The zero-order chi connectivity index (χ0) is 20.2. The maximum atomic E-state index is 12.7. The second kappa shape index (κ2) is 8.49. The first kappa shape index (κ1) is 20.9. The summed E-state index contributed by atoms with van der Waals surface area (Å²) in [4.78, 5) is 12.0. The third kappa shape index (κ3) is 5.05. The molecule has 0 saturated heterocycles. The van der Waals surface area contributed by atoms with Gasteiger partial charge >= 0.3 is 5.97 Å². The molecule has 2 aromatic rings. The van der Waals surface area contributed by atoms with E-state index in [2.05, 4.69) is 4.72 Å². The lowest BCUT2D eigenvalue weighted by molar-refractivity contribution is 0.0378. The van der Waals surface area contributed by atoms with Gasteiger partial charge in [-0.3, -0.25) is 4.72 Å². The number of ether oxygens (including phenoxy) is 3. The van der Waals surface area contributed by atoms with Crippen LogP contribution in [0.3, 0.4) is 0 Å². The van der Waals surface area contributed by atoms with E-state index < -0.39 is 16.0 Å². The van der Waals surface area contributed by atoms with Gasteiger partial charge in [-0.1, -0.05) is 11.6 Å². The summed E-state index contributed by atoms with van der Waals surface area (Å²) in [6, 6.07) is 8.40. The lowest BCUT2D eigenvalue weighted by Crippen LogP contribution is -2.15. The summed E-state index contributed by atoms with van der Waals surface area (Å²) in [6.07, 6.45) is -0.304. The van der Waals surface area contributed by atoms with Crippen LogP contribution in [0.1, 0.15) is 24.2 Å². The van der Waals surface area contributed by atoms with Gasteiger partial charge in [0.05, 0.1) is 41.5 Å². The molecule has 0 saturated carbocycles. The highest BCUT2D eigenvalue weighted by Crippen LogP contribution is 2.31. The second-order valence-corrected chi connectivity index (χ2v) is 7.86. The van der Waals surface area contributed by atoms with Gasteiger partial charge in [-0.05, 0) is 50.2 Å². The lowest BCUT2D eigenvalue weighted by atomic mass is 10.2. The maximum absolute atomic E-state index is 12.7. The third-order valence-electron chi connectivity index (χ3n) is 3.46. The van der Waals surface area contributed by atoms with Gasteiger partial charge in [0, 0.05) is 0 Å². The van der Waals surface area contributed by atoms with E-state index in [1.165, 1.54) is 50.6 Å². The molecule has 9 heteroatoms. The molecular formula is C18H20ClNO6S. The molecular weight excluding hydrogens is 394 g/mol. The summed E-state index contributed by atoms with van der Waals surface area (Å²) < 4.78 is 43.1. The molecule has 0 radical (unpaired) electrons. The first-order valence-electron chi connectivity index (χ1n) is 7.93. The van der Waals surface area contributed by atoms with E-state index in [1.807, 2.05) is 0 Å².